The van der Waals surface area contributed by atoms with Crippen molar-refractivity contribution in [1.29, 1.82) is 0 Å². The van der Waals surface area contributed by atoms with Crippen molar-refractivity contribution in [3.8, 4) is 0 Å². The highest BCUT2D eigenvalue weighted by Gasteiger charge is 2.37. The Hall–Kier alpha value is -1.30. The molecule has 0 bridgehead atoms. The van der Waals surface area contributed by atoms with E-state index in [0.29, 0.717) is 12.6 Å². The lowest BCUT2D eigenvalue weighted by atomic mass is 9.93. The number of carbonyl (C=O) groups excluding carboxylic acids is 1. The van der Waals surface area contributed by atoms with Gasteiger partial charge in [-0.15, -0.1) is 0 Å². The number of nitrogens with zero attached hydrogens (tertiary/aromatic N) is 1. The van der Waals surface area contributed by atoms with Crippen molar-refractivity contribution in [2.45, 2.75) is 56.5 Å². The molecule has 2 aliphatic rings. The van der Waals surface area contributed by atoms with Gasteiger partial charge in [-0.3, -0.25) is 4.79 Å². The lowest BCUT2D eigenvalue weighted by Crippen LogP contribution is -2.52. The summed E-state index contributed by atoms with van der Waals surface area (Å²) in [4.78, 5) is 25.1. The maximum atomic E-state index is 11.9. The number of nitrogens with one attached hydrogen (secondary N) is 2. The predicted octanol–water partition coefficient (Wildman–Crippen LogP) is 1.17. The third-order valence-electron chi connectivity index (χ3n) is 4.35. The molecular formula is C14H25N3O3. The summed E-state index contributed by atoms with van der Waals surface area (Å²) in [5.41, 5.74) is -0.543. The van der Waals surface area contributed by atoms with Crippen molar-refractivity contribution < 1.29 is 14.7 Å². The van der Waals surface area contributed by atoms with Crippen LogP contribution in [-0.4, -0.2) is 53.7 Å². The number of aliphatic carboxylic acids is 1. The van der Waals surface area contributed by atoms with Gasteiger partial charge in [-0.05, 0) is 32.7 Å². The van der Waals surface area contributed by atoms with Gasteiger partial charge >= 0.3 is 12.0 Å². The molecule has 0 radical (unpaired) electrons. The van der Waals surface area contributed by atoms with Gasteiger partial charge in [0.25, 0.3) is 0 Å². The van der Waals surface area contributed by atoms with Crippen molar-refractivity contribution >= 4 is 12.0 Å². The van der Waals surface area contributed by atoms with E-state index in [-0.39, 0.29) is 12.5 Å². The van der Waals surface area contributed by atoms with Gasteiger partial charge in [0.15, 0.2) is 0 Å². The number of hydrogen-bond acceptors (Lipinski definition) is 3. The molecule has 2 rings (SSSR count). The monoisotopic (exact) mass is 283 g/mol. The lowest BCUT2D eigenvalue weighted by molar-refractivity contribution is -0.138. The van der Waals surface area contributed by atoms with Gasteiger partial charge in [-0.25, -0.2) is 4.79 Å². The van der Waals surface area contributed by atoms with Crippen LogP contribution in [0.25, 0.3) is 0 Å². The third kappa shape index (κ3) is 4.37. The standard InChI is InChI=1S/C14H25N3O3/c1-17(11-4-5-11)9-8-15-13(20)16-14(10-12(18)19)6-2-3-7-14/h11H,2-10H2,1H3,(H,18,19)(H2,15,16,20). The van der Waals surface area contributed by atoms with Crippen LogP contribution in [0.3, 0.4) is 0 Å². The first-order valence-corrected chi connectivity index (χ1v) is 7.49. The Morgan fingerprint density at radius 3 is 2.50 bits per heavy atom. The minimum absolute atomic E-state index is 0.0163. The topological polar surface area (TPSA) is 81.7 Å². The Kier molecular flexibility index (Phi) is 4.86. The molecule has 3 N–H and O–H groups in total. The second kappa shape index (κ2) is 6.43. The second-order valence-corrected chi connectivity index (χ2v) is 6.15. The van der Waals surface area contributed by atoms with E-state index in [1.165, 1.54) is 12.8 Å². The molecule has 20 heavy (non-hydrogen) atoms. The van der Waals surface area contributed by atoms with Crippen LogP contribution in [0.15, 0.2) is 0 Å². The van der Waals surface area contributed by atoms with Crippen molar-refractivity contribution in [2.24, 2.45) is 0 Å². The summed E-state index contributed by atoms with van der Waals surface area (Å²) < 4.78 is 0. The van der Waals surface area contributed by atoms with Crippen molar-refractivity contribution in [2.75, 3.05) is 20.1 Å². The SMILES string of the molecule is CN(CCNC(=O)NC1(CC(=O)O)CCCC1)C1CC1. The molecule has 2 saturated carbocycles. The van der Waals surface area contributed by atoms with E-state index in [1.54, 1.807) is 0 Å². The number of hydrogen-bond donors (Lipinski definition) is 3. The molecule has 0 aromatic heterocycles. The zero-order chi connectivity index (χ0) is 14.6. The quantitative estimate of drug-likeness (QED) is 0.655. The summed E-state index contributed by atoms with van der Waals surface area (Å²) in [5.74, 6) is -0.847. The molecule has 0 unspecified atom stereocenters. The van der Waals surface area contributed by atoms with Gasteiger partial charge in [0, 0.05) is 19.1 Å². The minimum Gasteiger partial charge on any atom is -0.481 e. The molecule has 0 heterocycles. The predicted molar refractivity (Wildman–Crippen MR) is 75.6 cm³/mol. The molecule has 6 heteroatoms. The molecule has 0 spiro atoms. The van der Waals surface area contributed by atoms with Crippen LogP contribution in [0, 0.1) is 0 Å². The fourth-order valence-electron chi connectivity index (χ4n) is 3.02. The van der Waals surface area contributed by atoms with E-state index in [1.807, 2.05) is 0 Å². The van der Waals surface area contributed by atoms with Gasteiger partial charge in [-0.1, -0.05) is 12.8 Å². The Morgan fingerprint density at radius 1 is 1.30 bits per heavy atom. The highest BCUT2D eigenvalue weighted by molar-refractivity contribution is 5.76. The van der Waals surface area contributed by atoms with Gasteiger partial charge in [0.1, 0.15) is 0 Å². The fraction of sp³-hybridized carbons (Fsp3) is 0.857. The Morgan fingerprint density at radius 2 is 1.95 bits per heavy atom. The van der Waals surface area contributed by atoms with E-state index >= 15 is 0 Å². The molecule has 2 fully saturated rings. The number of carboxylic acids is 1. The molecule has 2 aliphatic carbocycles. The summed E-state index contributed by atoms with van der Waals surface area (Å²) in [5, 5.41) is 14.7. The first-order valence-electron chi connectivity index (χ1n) is 7.49. The van der Waals surface area contributed by atoms with Crippen LogP contribution in [0.5, 0.6) is 0 Å². The zero-order valence-corrected chi connectivity index (χ0v) is 12.2. The number of urea groups is 1. The molecule has 2 amide bonds. The molecular weight excluding hydrogens is 258 g/mol. The van der Waals surface area contributed by atoms with Gasteiger partial charge < -0.3 is 20.6 Å². The maximum Gasteiger partial charge on any atom is 0.315 e. The van der Waals surface area contributed by atoms with Crippen molar-refractivity contribution in [3.05, 3.63) is 0 Å². The van der Waals surface area contributed by atoms with Crippen LogP contribution in [-0.2, 0) is 4.79 Å². The normalized spacial score (nSPS) is 20.9. The molecule has 0 atom stereocenters. The highest BCUT2D eigenvalue weighted by Crippen LogP contribution is 2.32. The fourth-order valence-corrected chi connectivity index (χ4v) is 3.02. The van der Waals surface area contributed by atoms with Crippen LogP contribution in [0.4, 0.5) is 4.79 Å². The Balaban J connectivity index is 1.72. The summed E-state index contributed by atoms with van der Waals surface area (Å²) in [6, 6.07) is 0.449. The highest BCUT2D eigenvalue weighted by atomic mass is 16.4. The first kappa shape index (κ1) is 15.1. The van der Waals surface area contributed by atoms with Crippen LogP contribution in [0.1, 0.15) is 44.9 Å². The lowest BCUT2D eigenvalue weighted by Gasteiger charge is -2.29. The number of likely N-dealkylation sites (N-methyl/N-ethyl adjacent to an activating group) is 1. The van der Waals surface area contributed by atoms with Gasteiger partial charge in [-0.2, -0.15) is 0 Å². The Bertz CT molecular complexity index is 363. The summed E-state index contributed by atoms with van der Waals surface area (Å²) in [6.07, 6.45) is 6.01. The Labute approximate surface area is 119 Å². The average molecular weight is 283 g/mol. The minimum atomic E-state index is -0.847. The summed E-state index contributed by atoms with van der Waals surface area (Å²) >= 11 is 0. The molecule has 0 aliphatic heterocycles. The maximum absolute atomic E-state index is 11.9. The molecule has 6 nitrogen and oxygen atoms in total. The van der Waals surface area contributed by atoms with Gasteiger partial charge in [0.2, 0.25) is 0 Å². The zero-order valence-electron chi connectivity index (χ0n) is 12.2. The van der Waals surface area contributed by atoms with E-state index in [9.17, 15) is 9.59 Å². The van der Waals surface area contributed by atoms with Crippen LogP contribution >= 0.6 is 0 Å². The molecule has 0 aromatic rings. The molecule has 0 aromatic carbocycles. The van der Waals surface area contributed by atoms with E-state index in [0.717, 1.165) is 32.2 Å². The second-order valence-electron chi connectivity index (χ2n) is 6.15. The van der Waals surface area contributed by atoms with E-state index < -0.39 is 11.5 Å². The number of rotatable bonds is 7. The van der Waals surface area contributed by atoms with Crippen molar-refractivity contribution in [1.82, 2.24) is 15.5 Å². The number of amides is 2. The number of carboxylic acid groups (broad SMARTS) is 1. The first-order chi connectivity index (χ1) is 9.51. The van der Waals surface area contributed by atoms with E-state index in [2.05, 4.69) is 22.6 Å². The smallest absolute Gasteiger partial charge is 0.315 e. The summed E-state index contributed by atoms with van der Waals surface area (Å²) in [6.45, 7) is 1.44. The van der Waals surface area contributed by atoms with Gasteiger partial charge in [0.05, 0.1) is 12.0 Å². The third-order valence-corrected chi connectivity index (χ3v) is 4.35. The number of carbonyl (C=O) groups is 2. The van der Waals surface area contributed by atoms with Crippen LogP contribution < -0.4 is 10.6 Å². The largest absolute Gasteiger partial charge is 0.481 e. The molecule has 114 valence electrons. The van der Waals surface area contributed by atoms with Crippen LogP contribution in [0.2, 0.25) is 0 Å². The van der Waals surface area contributed by atoms with E-state index in [4.69, 9.17) is 5.11 Å². The molecule has 0 saturated heterocycles. The average Bonchev–Trinajstić information content (AvgIpc) is 3.11. The van der Waals surface area contributed by atoms with Crippen molar-refractivity contribution in [3.63, 3.8) is 0 Å². The summed E-state index contributed by atoms with van der Waals surface area (Å²) in [7, 11) is 2.07.